The molecule has 1 aliphatic carbocycles. The molecule has 7 heteroatoms. The average molecular weight is 265 g/mol. The van der Waals surface area contributed by atoms with E-state index in [0.29, 0.717) is 31.6 Å². The molecule has 19 heavy (non-hydrogen) atoms. The van der Waals surface area contributed by atoms with Gasteiger partial charge in [0.2, 0.25) is 12.3 Å². The van der Waals surface area contributed by atoms with Gasteiger partial charge in [-0.25, -0.2) is 0 Å². The summed E-state index contributed by atoms with van der Waals surface area (Å²) in [6, 6.07) is 0. The second kappa shape index (κ2) is 6.12. The molecule has 0 bridgehead atoms. The van der Waals surface area contributed by atoms with E-state index in [1.165, 1.54) is 6.39 Å². The topological polar surface area (TPSA) is 105 Å². The van der Waals surface area contributed by atoms with Gasteiger partial charge in [0, 0.05) is 13.0 Å². The molecule has 1 aliphatic rings. The quantitative estimate of drug-likeness (QED) is 0.746. The second-order valence-corrected chi connectivity index (χ2v) is 4.38. The smallest absolute Gasteiger partial charge is 0.307 e. The van der Waals surface area contributed by atoms with Crippen molar-refractivity contribution >= 4 is 11.9 Å². The number of allylic oxidation sites excluding steroid dienone is 2. The highest BCUT2D eigenvalue weighted by Gasteiger charge is 2.33. The fourth-order valence-corrected chi connectivity index (χ4v) is 2.11. The van der Waals surface area contributed by atoms with E-state index in [9.17, 15) is 9.59 Å². The van der Waals surface area contributed by atoms with Gasteiger partial charge in [0.25, 0.3) is 0 Å². The summed E-state index contributed by atoms with van der Waals surface area (Å²) in [5, 5.41) is 15.4. The van der Waals surface area contributed by atoms with E-state index < -0.39 is 17.8 Å². The van der Waals surface area contributed by atoms with Crippen molar-refractivity contribution in [2.75, 3.05) is 6.54 Å². The minimum Gasteiger partial charge on any atom is -0.481 e. The molecule has 2 rings (SSSR count). The molecular formula is C12H15N3O4. The zero-order valence-corrected chi connectivity index (χ0v) is 10.3. The highest BCUT2D eigenvalue weighted by Crippen LogP contribution is 2.25. The van der Waals surface area contributed by atoms with Gasteiger partial charge in [-0.05, 0) is 12.8 Å². The Morgan fingerprint density at radius 2 is 2.11 bits per heavy atom. The number of carbonyl (C=O) groups is 2. The van der Waals surface area contributed by atoms with Crippen LogP contribution in [0.1, 0.15) is 18.7 Å². The van der Waals surface area contributed by atoms with Crippen molar-refractivity contribution in [3.63, 3.8) is 0 Å². The van der Waals surface area contributed by atoms with Crippen LogP contribution >= 0.6 is 0 Å². The van der Waals surface area contributed by atoms with E-state index in [0.717, 1.165) is 0 Å². The first kappa shape index (κ1) is 13.3. The van der Waals surface area contributed by atoms with Crippen molar-refractivity contribution in [3.8, 4) is 0 Å². The number of amides is 1. The number of nitrogens with zero attached hydrogens (tertiary/aromatic N) is 2. The first-order chi connectivity index (χ1) is 9.18. The first-order valence-corrected chi connectivity index (χ1v) is 6.09. The van der Waals surface area contributed by atoms with Gasteiger partial charge in [0.05, 0.1) is 11.8 Å². The lowest BCUT2D eigenvalue weighted by atomic mass is 9.82. The zero-order chi connectivity index (χ0) is 13.7. The van der Waals surface area contributed by atoms with Crippen LogP contribution in [0.4, 0.5) is 0 Å². The largest absolute Gasteiger partial charge is 0.481 e. The maximum absolute atomic E-state index is 12.0. The lowest BCUT2D eigenvalue weighted by Crippen LogP contribution is -2.39. The molecule has 0 aromatic carbocycles. The second-order valence-electron chi connectivity index (χ2n) is 4.38. The third-order valence-electron chi connectivity index (χ3n) is 3.14. The Balaban J connectivity index is 1.84. The SMILES string of the molecule is O=C(O)C1CC=CCC1C(=O)NCCc1ncon1. The predicted octanol–water partition coefficient (Wildman–Crippen LogP) is 0.395. The summed E-state index contributed by atoms with van der Waals surface area (Å²) >= 11 is 0. The van der Waals surface area contributed by atoms with Gasteiger partial charge >= 0.3 is 5.97 Å². The third-order valence-corrected chi connectivity index (χ3v) is 3.14. The summed E-state index contributed by atoms with van der Waals surface area (Å²) in [4.78, 5) is 26.9. The minimum atomic E-state index is -0.928. The number of rotatable bonds is 5. The van der Waals surface area contributed by atoms with Crippen LogP contribution in [0, 0.1) is 11.8 Å². The average Bonchev–Trinajstić information content (AvgIpc) is 2.91. The summed E-state index contributed by atoms with van der Waals surface area (Å²) in [6.07, 6.45) is 6.21. The lowest BCUT2D eigenvalue weighted by molar-refractivity contribution is -0.147. The third kappa shape index (κ3) is 3.40. The van der Waals surface area contributed by atoms with Gasteiger partial charge in [-0.3, -0.25) is 9.59 Å². The number of aromatic nitrogens is 2. The minimum absolute atomic E-state index is 0.236. The standard InChI is InChI=1S/C12H15N3O4/c16-11(13-6-5-10-14-7-19-15-10)8-3-1-2-4-9(8)12(17)18/h1-2,7-9H,3-6H2,(H,13,16)(H,17,18). The highest BCUT2D eigenvalue weighted by atomic mass is 16.5. The predicted molar refractivity (Wildman–Crippen MR) is 64.0 cm³/mol. The molecule has 0 aliphatic heterocycles. The van der Waals surface area contributed by atoms with Crippen molar-refractivity contribution in [1.82, 2.24) is 15.5 Å². The molecule has 1 amide bonds. The summed E-state index contributed by atoms with van der Waals surface area (Å²) in [6.45, 7) is 0.366. The van der Waals surface area contributed by atoms with E-state index in [2.05, 4.69) is 20.0 Å². The highest BCUT2D eigenvalue weighted by molar-refractivity contribution is 5.85. The van der Waals surface area contributed by atoms with Crippen molar-refractivity contribution in [1.29, 1.82) is 0 Å². The van der Waals surface area contributed by atoms with Gasteiger partial charge in [-0.2, -0.15) is 4.98 Å². The van der Waals surface area contributed by atoms with Gasteiger partial charge in [-0.1, -0.05) is 17.3 Å². The van der Waals surface area contributed by atoms with E-state index in [1.54, 1.807) is 0 Å². The van der Waals surface area contributed by atoms with Crippen LogP contribution in [-0.4, -0.2) is 33.7 Å². The summed E-state index contributed by atoms with van der Waals surface area (Å²) in [5.41, 5.74) is 0. The molecule has 0 saturated carbocycles. The van der Waals surface area contributed by atoms with Crippen molar-refractivity contribution in [3.05, 3.63) is 24.4 Å². The van der Waals surface area contributed by atoms with Gasteiger partial charge < -0.3 is 14.9 Å². The van der Waals surface area contributed by atoms with Crippen molar-refractivity contribution < 1.29 is 19.2 Å². The molecule has 0 radical (unpaired) electrons. The van der Waals surface area contributed by atoms with E-state index in [1.807, 2.05) is 12.2 Å². The van der Waals surface area contributed by atoms with Crippen molar-refractivity contribution in [2.45, 2.75) is 19.3 Å². The van der Waals surface area contributed by atoms with Crippen LogP contribution in [0.15, 0.2) is 23.1 Å². The van der Waals surface area contributed by atoms with Crippen LogP contribution in [-0.2, 0) is 16.0 Å². The zero-order valence-electron chi connectivity index (χ0n) is 10.3. The molecular weight excluding hydrogens is 250 g/mol. The Morgan fingerprint density at radius 3 is 2.74 bits per heavy atom. The van der Waals surface area contributed by atoms with Crippen LogP contribution in [0.3, 0.4) is 0 Å². The number of carboxylic acids is 1. The van der Waals surface area contributed by atoms with Crippen LogP contribution in [0.2, 0.25) is 0 Å². The normalized spacial score (nSPS) is 22.1. The molecule has 2 N–H and O–H groups in total. The maximum atomic E-state index is 12.0. The van der Waals surface area contributed by atoms with Crippen molar-refractivity contribution in [2.24, 2.45) is 11.8 Å². The molecule has 102 valence electrons. The first-order valence-electron chi connectivity index (χ1n) is 6.09. The molecule has 0 fully saturated rings. The number of carbonyl (C=O) groups excluding carboxylic acids is 1. The molecule has 2 atom stereocenters. The molecule has 2 unspecified atom stereocenters. The monoisotopic (exact) mass is 265 g/mol. The fraction of sp³-hybridized carbons (Fsp3) is 0.500. The van der Waals surface area contributed by atoms with Gasteiger partial charge in [0.1, 0.15) is 0 Å². The van der Waals surface area contributed by atoms with Crippen LogP contribution in [0.5, 0.6) is 0 Å². The Bertz CT molecular complexity index is 469. The Morgan fingerprint density at radius 1 is 1.37 bits per heavy atom. The Labute approximate surface area is 109 Å². The number of aliphatic carboxylic acids is 1. The summed E-state index contributed by atoms with van der Waals surface area (Å²) in [5.74, 6) is -1.80. The molecule has 7 nitrogen and oxygen atoms in total. The Kier molecular flexibility index (Phi) is 4.27. The van der Waals surface area contributed by atoms with E-state index in [-0.39, 0.29) is 5.91 Å². The number of carboxylic acid groups (broad SMARTS) is 1. The molecule has 1 aromatic rings. The van der Waals surface area contributed by atoms with E-state index in [4.69, 9.17) is 5.11 Å². The Hall–Kier alpha value is -2.18. The summed E-state index contributed by atoms with van der Waals surface area (Å²) < 4.78 is 4.58. The maximum Gasteiger partial charge on any atom is 0.307 e. The van der Waals surface area contributed by atoms with Crippen LogP contribution in [0.25, 0.3) is 0 Å². The number of hydrogen-bond donors (Lipinski definition) is 2. The lowest BCUT2D eigenvalue weighted by Gasteiger charge is -2.24. The fourth-order valence-electron chi connectivity index (χ4n) is 2.11. The number of nitrogens with one attached hydrogen (secondary N) is 1. The number of hydrogen-bond acceptors (Lipinski definition) is 5. The molecule has 1 aromatic heterocycles. The van der Waals surface area contributed by atoms with Gasteiger partial charge in [-0.15, -0.1) is 0 Å². The molecule has 0 spiro atoms. The summed E-state index contributed by atoms with van der Waals surface area (Å²) in [7, 11) is 0. The van der Waals surface area contributed by atoms with Gasteiger partial charge in [0.15, 0.2) is 5.82 Å². The van der Waals surface area contributed by atoms with E-state index >= 15 is 0 Å². The molecule has 1 heterocycles. The molecule has 0 saturated heterocycles. The van der Waals surface area contributed by atoms with Crippen LogP contribution < -0.4 is 5.32 Å².